The standard InChI is InChI=1S/C18H18N2O4/c1-13(21)20(11-18(22)19-15-5-3-2-4-6-15)10-14-7-8-16-17(9-14)24-12-23-16/h2-9H,10-12H2,1H3,(H,19,22). The summed E-state index contributed by atoms with van der Waals surface area (Å²) in [6.07, 6.45) is 0. The first-order chi connectivity index (χ1) is 11.6. The van der Waals surface area contributed by atoms with E-state index in [9.17, 15) is 9.59 Å². The van der Waals surface area contributed by atoms with Gasteiger partial charge in [-0.1, -0.05) is 24.3 Å². The minimum absolute atomic E-state index is 0.0152. The summed E-state index contributed by atoms with van der Waals surface area (Å²) in [7, 11) is 0. The molecule has 0 unspecified atom stereocenters. The molecule has 1 heterocycles. The number of hydrogen-bond donors (Lipinski definition) is 1. The van der Waals surface area contributed by atoms with Crippen molar-refractivity contribution in [3.8, 4) is 11.5 Å². The average molecular weight is 326 g/mol. The Kier molecular flexibility index (Phi) is 4.65. The van der Waals surface area contributed by atoms with E-state index >= 15 is 0 Å². The van der Waals surface area contributed by atoms with Gasteiger partial charge in [0.1, 0.15) is 6.54 Å². The van der Waals surface area contributed by atoms with Gasteiger partial charge in [-0.25, -0.2) is 0 Å². The van der Waals surface area contributed by atoms with Gasteiger partial charge in [-0.15, -0.1) is 0 Å². The molecule has 0 radical (unpaired) electrons. The van der Waals surface area contributed by atoms with Gasteiger partial charge in [-0.2, -0.15) is 0 Å². The number of para-hydroxylation sites is 1. The Morgan fingerprint density at radius 1 is 1.08 bits per heavy atom. The second kappa shape index (κ2) is 7.04. The molecule has 0 saturated carbocycles. The van der Waals surface area contributed by atoms with Gasteiger partial charge in [0.25, 0.3) is 0 Å². The van der Waals surface area contributed by atoms with Crippen LogP contribution in [0.5, 0.6) is 11.5 Å². The van der Waals surface area contributed by atoms with Gasteiger partial charge in [0.15, 0.2) is 11.5 Å². The topological polar surface area (TPSA) is 67.9 Å². The molecule has 0 fully saturated rings. The Morgan fingerprint density at radius 2 is 1.83 bits per heavy atom. The number of fused-ring (bicyclic) bond motifs is 1. The highest BCUT2D eigenvalue weighted by Crippen LogP contribution is 2.32. The molecule has 0 aliphatic carbocycles. The van der Waals surface area contributed by atoms with Gasteiger partial charge >= 0.3 is 0 Å². The van der Waals surface area contributed by atoms with Crippen molar-refractivity contribution in [2.45, 2.75) is 13.5 Å². The molecule has 6 heteroatoms. The lowest BCUT2D eigenvalue weighted by Crippen LogP contribution is -2.36. The molecule has 3 rings (SSSR count). The summed E-state index contributed by atoms with van der Waals surface area (Å²) < 4.78 is 10.6. The van der Waals surface area contributed by atoms with E-state index in [0.717, 1.165) is 5.56 Å². The van der Waals surface area contributed by atoms with Crippen molar-refractivity contribution >= 4 is 17.5 Å². The number of anilines is 1. The first-order valence-corrected chi connectivity index (χ1v) is 7.61. The van der Waals surface area contributed by atoms with Crippen LogP contribution in [0.15, 0.2) is 48.5 Å². The van der Waals surface area contributed by atoms with Crippen LogP contribution >= 0.6 is 0 Å². The van der Waals surface area contributed by atoms with Crippen molar-refractivity contribution in [1.29, 1.82) is 0 Å². The van der Waals surface area contributed by atoms with Gasteiger partial charge in [-0.3, -0.25) is 9.59 Å². The average Bonchev–Trinajstić information content (AvgIpc) is 3.02. The van der Waals surface area contributed by atoms with Crippen molar-refractivity contribution in [2.75, 3.05) is 18.7 Å². The van der Waals surface area contributed by atoms with Crippen molar-refractivity contribution in [3.05, 3.63) is 54.1 Å². The number of ether oxygens (including phenoxy) is 2. The molecule has 24 heavy (non-hydrogen) atoms. The summed E-state index contributed by atoms with van der Waals surface area (Å²) in [6.45, 7) is 1.96. The summed E-state index contributed by atoms with van der Waals surface area (Å²) in [5.41, 5.74) is 1.58. The summed E-state index contributed by atoms with van der Waals surface area (Å²) >= 11 is 0. The fourth-order valence-corrected chi connectivity index (χ4v) is 2.43. The van der Waals surface area contributed by atoms with Gasteiger partial charge in [0.05, 0.1) is 0 Å². The number of carbonyl (C=O) groups excluding carboxylic acids is 2. The Hall–Kier alpha value is -3.02. The normalized spacial score (nSPS) is 11.9. The molecule has 0 atom stereocenters. The van der Waals surface area contributed by atoms with Gasteiger partial charge in [0, 0.05) is 19.2 Å². The maximum Gasteiger partial charge on any atom is 0.244 e. The Bertz CT molecular complexity index is 746. The van der Waals surface area contributed by atoms with Crippen LogP contribution in [0.25, 0.3) is 0 Å². The molecule has 124 valence electrons. The van der Waals surface area contributed by atoms with Gasteiger partial charge in [0.2, 0.25) is 18.6 Å². The summed E-state index contributed by atoms with van der Waals surface area (Å²) in [6, 6.07) is 14.6. The predicted molar refractivity (Wildman–Crippen MR) is 88.7 cm³/mol. The van der Waals surface area contributed by atoms with E-state index in [4.69, 9.17) is 9.47 Å². The van der Waals surface area contributed by atoms with Crippen molar-refractivity contribution in [3.63, 3.8) is 0 Å². The molecule has 1 aliphatic heterocycles. The number of rotatable bonds is 5. The quantitative estimate of drug-likeness (QED) is 0.916. The van der Waals surface area contributed by atoms with Crippen molar-refractivity contribution in [1.82, 2.24) is 4.90 Å². The van der Waals surface area contributed by atoms with Crippen LogP contribution in [0.3, 0.4) is 0 Å². The zero-order chi connectivity index (χ0) is 16.9. The number of nitrogens with zero attached hydrogens (tertiary/aromatic N) is 1. The van der Waals surface area contributed by atoms with Gasteiger partial charge < -0.3 is 19.7 Å². The van der Waals surface area contributed by atoms with E-state index in [0.29, 0.717) is 23.7 Å². The first kappa shape index (κ1) is 15.9. The Balaban J connectivity index is 1.64. The summed E-state index contributed by atoms with van der Waals surface area (Å²) in [4.78, 5) is 25.5. The Morgan fingerprint density at radius 3 is 2.58 bits per heavy atom. The van der Waals surface area contributed by atoms with Crippen LogP contribution in [0, 0.1) is 0 Å². The SMILES string of the molecule is CC(=O)N(CC(=O)Nc1ccccc1)Cc1ccc2c(c1)OCO2. The maximum absolute atomic E-state index is 12.2. The predicted octanol–water partition coefficient (Wildman–Crippen LogP) is 2.40. The molecule has 0 saturated heterocycles. The largest absolute Gasteiger partial charge is 0.454 e. The van der Waals surface area contributed by atoms with Crippen LogP contribution in [-0.4, -0.2) is 30.1 Å². The van der Waals surface area contributed by atoms with E-state index in [1.54, 1.807) is 18.2 Å². The van der Waals surface area contributed by atoms with Crippen LogP contribution in [0.4, 0.5) is 5.69 Å². The first-order valence-electron chi connectivity index (χ1n) is 7.61. The molecule has 2 aromatic carbocycles. The van der Waals surface area contributed by atoms with Crippen LogP contribution in [0.1, 0.15) is 12.5 Å². The molecular weight excluding hydrogens is 308 g/mol. The second-order valence-corrected chi connectivity index (χ2v) is 5.48. The third-order valence-electron chi connectivity index (χ3n) is 3.65. The highest BCUT2D eigenvalue weighted by atomic mass is 16.7. The molecule has 6 nitrogen and oxygen atoms in total. The number of hydrogen-bond acceptors (Lipinski definition) is 4. The zero-order valence-electron chi connectivity index (χ0n) is 13.3. The molecular formula is C18H18N2O4. The van der Waals surface area contributed by atoms with E-state index in [1.807, 2.05) is 30.3 Å². The summed E-state index contributed by atoms with van der Waals surface area (Å²) in [5, 5.41) is 2.78. The highest BCUT2D eigenvalue weighted by Gasteiger charge is 2.17. The minimum Gasteiger partial charge on any atom is -0.454 e. The van der Waals surface area contributed by atoms with Crippen LogP contribution in [0.2, 0.25) is 0 Å². The van der Waals surface area contributed by atoms with Gasteiger partial charge in [-0.05, 0) is 29.8 Å². The Labute approximate surface area is 140 Å². The zero-order valence-corrected chi connectivity index (χ0v) is 13.3. The molecule has 1 aliphatic rings. The van der Waals surface area contributed by atoms with Crippen molar-refractivity contribution < 1.29 is 19.1 Å². The third kappa shape index (κ3) is 3.84. The number of carbonyl (C=O) groups is 2. The fraction of sp³-hybridized carbons (Fsp3) is 0.222. The number of benzene rings is 2. The van der Waals surface area contributed by atoms with Crippen LogP contribution < -0.4 is 14.8 Å². The van der Waals surface area contributed by atoms with E-state index in [2.05, 4.69) is 5.32 Å². The number of nitrogens with one attached hydrogen (secondary N) is 1. The van der Waals surface area contributed by atoms with Crippen LogP contribution in [-0.2, 0) is 16.1 Å². The molecule has 2 aromatic rings. The fourth-order valence-electron chi connectivity index (χ4n) is 2.43. The smallest absolute Gasteiger partial charge is 0.244 e. The highest BCUT2D eigenvalue weighted by molar-refractivity contribution is 5.94. The molecule has 0 aromatic heterocycles. The molecule has 0 bridgehead atoms. The number of amides is 2. The lowest BCUT2D eigenvalue weighted by molar-refractivity contribution is -0.133. The van der Waals surface area contributed by atoms with E-state index < -0.39 is 0 Å². The molecule has 1 N–H and O–H groups in total. The monoisotopic (exact) mass is 326 g/mol. The van der Waals surface area contributed by atoms with E-state index in [1.165, 1.54) is 11.8 Å². The third-order valence-corrected chi connectivity index (χ3v) is 3.65. The van der Waals surface area contributed by atoms with Crippen molar-refractivity contribution in [2.24, 2.45) is 0 Å². The second-order valence-electron chi connectivity index (χ2n) is 5.48. The molecule has 0 spiro atoms. The maximum atomic E-state index is 12.2. The lowest BCUT2D eigenvalue weighted by Gasteiger charge is -2.20. The van der Waals surface area contributed by atoms with E-state index in [-0.39, 0.29) is 25.2 Å². The minimum atomic E-state index is -0.239. The summed E-state index contributed by atoms with van der Waals surface area (Å²) in [5.74, 6) is 0.938. The molecule has 2 amide bonds. The lowest BCUT2D eigenvalue weighted by atomic mass is 10.2.